The van der Waals surface area contributed by atoms with Crippen LogP contribution in [0.15, 0.2) is 6.20 Å². The maximum absolute atomic E-state index is 11.9. The van der Waals surface area contributed by atoms with Gasteiger partial charge in [-0.05, 0) is 0 Å². The van der Waals surface area contributed by atoms with Gasteiger partial charge < -0.3 is 4.90 Å². The van der Waals surface area contributed by atoms with Gasteiger partial charge >= 0.3 is 0 Å². The predicted molar refractivity (Wildman–Crippen MR) is 53.7 cm³/mol. The molecule has 2 rings (SSSR count). The van der Waals surface area contributed by atoms with Gasteiger partial charge in [0, 0.05) is 20.0 Å². The summed E-state index contributed by atoms with van der Waals surface area (Å²) < 4.78 is 1.42. The van der Waals surface area contributed by atoms with Crippen LogP contribution in [-0.4, -0.2) is 39.5 Å². The van der Waals surface area contributed by atoms with Gasteiger partial charge in [0.1, 0.15) is 5.69 Å². The van der Waals surface area contributed by atoms with Crippen LogP contribution in [-0.2, 0) is 11.8 Å². The van der Waals surface area contributed by atoms with Crippen molar-refractivity contribution in [3.63, 3.8) is 0 Å². The summed E-state index contributed by atoms with van der Waals surface area (Å²) in [6.07, 6.45) is 1.86. The number of halogens is 1. The Bertz CT molecular complexity index is 407. The number of carbonyl (C=O) groups is 2. The van der Waals surface area contributed by atoms with Crippen LogP contribution in [0.4, 0.5) is 0 Å². The molecule has 2 heterocycles. The molecule has 0 saturated carbocycles. The van der Waals surface area contributed by atoms with Crippen molar-refractivity contribution < 1.29 is 9.59 Å². The number of aromatic nitrogens is 2. The molecule has 1 aliphatic heterocycles. The number of Topliss-reactive ketones (excluding diaryl/α,β-unsaturated/α-hetero) is 1. The number of carbonyl (C=O) groups excluding carboxylic acids is 2. The van der Waals surface area contributed by atoms with E-state index in [1.807, 2.05) is 0 Å². The number of rotatable bonds is 1. The normalized spacial score (nSPS) is 16.1. The quantitative estimate of drug-likeness (QED) is 0.702. The van der Waals surface area contributed by atoms with Crippen molar-refractivity contribution in [1.82, 2.24) is 14.7 Å². The lowest BCUT2D eigenvalue weighted by Gasteiger charge is -2.14. The third kappa shape index (κ3) is 1.74. The second kappa shape index (κ2) is 3.66. The topological polar surface area (TPSA) is 55.2 Å². The Morgan fingerprint density at radius 3 is 2.80 bits per heavy atom. The summed E-state index contributed by atoms with van der Waals surface area (Å²) >= 11 is 5.84. The molecule has 80 valence electrons. The fourth-order valence-corrected chi connectivity index (χ4v) is 1.85. The number of nitrogens with zero attached hydrogens (tertiary/aromatic N) is 3. The average molecular weight is 228 g/mol. The van der Waals surface area contributed by atoms with Crippen LogP contribution >= 0.6 is 11.6 Å². The van der Waals surface area contributed by atoms with Crippen LogP contribution in [0.3, 0.4) is 0 Å². The maximum Gasteiger partial charge on any atom is 0.274 e. The van der Waals surface area contributed by atoms with Crippen LogP contribution in [0.2, 0.25) is 5.02 Å². The zero-order chi connectivity index (χ0) is 11.0. The molecule has 0 unspecified atom stereocenters. The Morgan fingerprint density at radius 1 is 1.60 bits per heavy atom. The van der Waals surface area contributed by atoms with E-state index in [4.69, 9.17) is 11.6 Å². The third-order valence-electron chi connectivity index (χ3n) is 2.41. The lowest BCUT2D eigenvalue weighted by atomic mass is 10.3. The van der Waals surface area contributed by atoms with Crippen LogP contribution in [0.1, 0.15) is 16.9 Å². The molecule has 6 heteroatoms. The van der Waals surface area contributed by atoms with Crippen LogP contribution < -0.4 is 0 Å². The third-order valence-corrected chi connectivity index (χ3v) is 2.69. The molecule has 1 fully saturated rings. The largest absolute Gasteiger partial charge is 0.330 e. The van der Waals surface area contributed by atoms with Crippen molar-refractivity contribution in [2.75, 3.05) is 13.1 Å². The highest BCUT2D eigenvalue weighted by Crippen LogP contribution is 2.18. The molecule has 1 saturated heterocycles. The number of hydrogen-bond acceptors (Lipinski definition) is 3. The minimum atomic E-state index is -0.231. The van der Waals surface area contributed by atoms with Gasteiger partial charge in [-0.3, -0.25) is 14.3 Å². The molecular weight excluding hydrogens is 218 g/mol. The summed E-state index contributed by atoms with van der Waals surface area (Å²) in [5.41, 5.74) is 0.339. The number of likely N-dealkylation sites (tertiary alicyclic amines) is 1. The van der Waals surface area contributed by atoms with Crippen molar-refractivity contribution in [2.45, 2.75) is 6.42 Å². The fourth-order valence-electron chi connectivity index (χ4n) is 1.61. The molecule has 0 aromatic carbocycles. The molecule has 0 radical (unpaired) electrons. The zero-order valence-corrected chi connectivity index (χ0v) is 8.99. The van der Waals surface area contributed by atoms with Gasteiger partial charge in [0.25, 0.3) is 5.91 Å². The fraction of sp³-hybridized carbons (Fsp3) is 0.444. The van der Waals surface area contributed by atoms with Crippen molar-refractivity contribution >= 4 is 23.3 Å². The second-order valence-corrected chi connectivity index (χ2v) is 3.89. The lowest BCUT2D eigenvalue weighted by Crippen LogP contribution is -2.30. The number of hydrogen-bond donors (Lipinski definition) is 0. The van der Waals surface area contributed by atoms with Gasteiger partial charge in [0.15, 0.2) is 5.78 Å². The molecule has 0 N–H and O–H groups in total. The first-order chi connectivity index (χ1) is 7.09. The van der Waals surface area contributed by atoms with Crippen molar-refractivity contribution in [3.05, 3.63) is 16.9 Å². The second-order valence-electron chi connectivity index (χ2n) is 3.48. The van der Waals surface area contributed by atoms with Crippen LogP contribution in [0.5, 0.6) is 0 Å². The monoisotopic (exact) mass is 227 g/mol. The summed E-state index contributed by atoms with van der Waals surface area (Å²) in [7, 11) is 1.65. The predicted octanol–water partition coefficient (Wildman–Crippen LogP) is 0.488. The van der Waals surface area contributed by atoms with Crippen molar-refractivity contribution in [1.29, 1.82) is 0 Å². The van der Waals surface area contributed by atoms with Gasteiger partial charge in [-0.15, -0.1) is 0 Å². The van der Waals surface area contributed by atoms with E-state index in [1.165, 1.54) is 15.8 Å². The summed E-state index contributed by atoms with van der Waals surface area (Å²) in [5, 5.41) is 4.20. The standard InChI is InChI=1S/C9H10ClN3O2/c1-12-8(7(10)4-11-12)9(15)13-3-2-6(14)5-13/h4H,2-3,5H2,1H3. The van der Waals surface area contributed by atoms with Crippen LogP contribution in [0.25, 0.3) is 0 Å². The Hall–Kier alpha value is -1.36. The van der Waals surface area contributed by atoms with Gasteiger partial charge in [0.2, 0.25) is 0 Å². The van der Waals surface area contributed by atoms with Crippen LogP contribution in [0, 0.1) is 0 Å². The lowest BCUT2D eigenvalue weighted by molar-refractivity contribution is -0.116. The highest BCUT2D eigenvalue weighted by atomic mass is 35.5. The molecule has 1 amide bonds. The van der Waals surface area contributed by atoms with Crippen molar-refractivity contribution in [3.8, 4) is 0 Å². The zero-order valence-electron chi connectivity index (χ0n) is 8.23. The molecule has 0 spiro atoms. The molecule has 1 aliphatic rings. The highest BCUT2D eigenvalue weighted by Gasteiger charge is 2.28. The number of amides is 1. The summed E-state index contributed by atoms with van der Waals surface area (Å²) in [5.74, 6) is -0.146. The van der Waals surface area contributed by atoms with E-state index in [2.05, 4.69) is 5.10 Å². The van der Waals surface area contributed by atoms with Crippen molar-refractivity contribution in [2.24, 2.45) is 7.05 Å². The molecule has 0 atom stereocenters. The minimum absolute atomic E-state index is 0.0849. The Balaban J connectivity index is 2.25. The maximum atomic E-state index is 11.9. The molecule has 1 aromatic rings. The van der Waals surface area contributed by atoms with E-state index in [0.717, 1.165) is 0 Å². The van der Waals surface area contributed by atoms with Gasteiger partial charge in [-0.1, -0.05) is 11.6 Å². The molecular formula is C9H10ClN3O2. The van der Waals surface area contributed by atoms with E-state index in [1.54, 1.807) is 7.05 Å². The first kappa shape index (κ1) is 10.2. The first-order valence-electron chi connectivity index (χ1n) is 4.58. The average Bonchev–Trinajstić information content (AvgIpc) is 2.73. The summed E-state index contributed by atoms with van der Waals surface area (Å²) in [4.78, 5) is 24.5. The Labute approximate surface area is 91.6 Å². The number of aryl methyl sites for hydroxylation is 1. The van der Waals surface area contributed by atoms with E-state index in [0.29, 0.717) is 23.7 Å². The van der Waals surface area contributed by atoms with Gasteiger partial charge in [-0.25, -0.2) is 0 Å². The summed E-state index contributed by atoms with van der Waals surface area (Å²) in [6.45, 7) is 0.652. The van der Waals surface area contributed by atoms with Gasteiger partial charge in [0.05, 0.1) is 17.8 Å². The van der Waals surface area contributed by atoms with E-state index in [-0.39, 0.29) is 18.2 Å². The molecule has 0 aliphatic carbocycles. The molecule has 1 aromatic heterocycles. The smallest absolute Gasteiger partial charge is 0.274 e. The Kier molecular flexibility index (Phi) is 2.48. The summed E-state index contributed by atoms with van der Waals surface area (Å²) in [6, 6.07) is 0. The van der Waals surface area contributed by atoms with E-state index < -0.39 is 0 Å². The first-order valence-corrected chi connectivity index (χ1v) is 4.96. The molecule has 0 bridgehead atoms. The van der Waals surface area contributed by atoms with E-state index in [9.17, 15) is 9.59 Å². The minimum Gasteiger partial charge on any atom is -0.330 e. The molecule has 15 heavy (non-hydrogen) atoms. The molecule has 5 nitrogen and oxygen atoms in total. The SMILES string of the molecule is Cn1ncc(Cl)c1C(=O)N1CCC(=O)C1. The van der Waals surface area contributed by atoms with Gasteiger partial charge in [-0.2, -0.15) is 5.10 Å². The van der Waals surface area contributed by atoms with E-state index >= 15 is 0 Å². The number of ketones is 1. The highest BCUT2D eigenvalue weighted by molar-refractivity contribution is 6.33. The Morgan fingerprint density at radius 2 is 2.33 bits per heavy atom.